The van der Waals surface area contributed by atoms with Crippen molar-refractivity contribution in [3.8, 4) is 5.75 Å². The molecule has 0 saturated carbocycles. The number of benzene rings is 1. The van der Waals surface area contributed by atoms with E-state index in [9.17, 15) is 8.42 Å². The third kappa shape index (κ3) is 2.54. The van der Waals surface area contributed by atoms with Gasteiger partial charge in [0.15, 0.2) is 0 Å². The zero-order valence-electron chi connectivity index (χ0n) is 9.78. The molecular weight excluding hydrogens is 226 g/mol. The summed E-state index contributed by atoms with van der Waals surface area (Å²) in [6, 6.07) is 3.15. The molecule has 0 aromatic heterocycles. The van der Waals surface area contributed by atoms with E-state index in [1.165, 1.54) is 0 Å². The summed E-state index contributed by atoms with van der Waals surface area (Å²) in [4.78, 5) is 0.155. The molecule has 0 atom stereocenters. The second-order valence-corrected chi connectivity index (χ2v) is 5.09. The van der Waals surface area contributed by atoms with Crippen molar-refractivity contribution in [1.29, 1.82) is 0 Å². The fourth-order valence-electron chi connectivity index (χ4n) is 1.67. The maximum absolute atomic E-state index is 11.3. The van der Waals surface area contributed by atoms with Crippen molar-refractivity contribution in [2.45, 2.75) is 31.6 Å². The van der Waals surface area contributed by atoms with E-state index in [4.69, 9.17) is 9.88 Å². The molecule has 0 aliphatic carbocycles. The highest BCUT2D eigenvalue weighted by Gasteiger charge is 2.15. The van der Waals surface area contributed by atoms with Crippen molar-refractivity contribution in [2.24, 2.45) is 5.14 Å². The molecule has 4 nitrogen and oxygen atoms in total. The van der Waals surface area contributed by atoms with E-state index < -0.39 is 10.0 Å². The predicted octanol–water partition coefficient (Wildman–Crippen LogP) is 1.47. The number of sulfonamides is 1. The Labute approximate surface area is 96.5 Å². The highest BCUT2D eigenvalue weighted by molar-refractivity contribution is 7.89. The van der Waals surface area contributed by atoms with Gasteiger partial charge in [0.2, 0.25) is 10.0 Å². The number of hydrogen-bond donors (Lipinski definition) is 1. The van der Waals surface area contributed by atoms with Gasteiger partial charge >= 0.3 is 0 Å². The van der Waals surface area contributed by atoms with Crippen molar-refractivity contribution in [2.75, 3.05) is 7.11 Å². The SMILES string of the molecule is CCc1cc(S(N)(=O)=O)cc(CC)c1OC. The average Bonchev–Trinajstić information content (AvgIpc) is 2.25. The van der Waals surface area contributed by atoms with E-state index in [1.54, 1.807) is 19.2 Å². The highest BCUT2D eigenvalue weighted by Crippen LogP contribution is 2.28. The number of ether oxygens (including phenoxy) is 1. The number of hydrogen-bond acceptors (Lipinski definition) is 3. The van der Waals surface area contributed by atoms with Crippen LogP contribution in [0.4, 0.5) is 0 Å². The molecule has 1 rings (SSSR count). The summed E-state index contributed by atoms with van der Waals surface area (Å²) in [6.07, 6.45) is 1.42. The van der Waals surface area contributed by atoms with Gasteiger partial charge in [-0.15, -0.1) is 0 Å². The van der Waals surface area contributed by atoms with E-state index >= 15 is 0 Å². The third-order valence-corrected chi connectivity index (χ3v) is 3.40. The summed E-state index contributed by atoms with van der Waals surface area (Å²) in [5.41, 5.74) is 1.73. The minimum atomic E-state index is -3.65. The molecule has 0 radical (unpaired) electrons. The van der Waals surface area contributed by atoms with Gasteiger partial charge in [-0.1, -0.05) is 13.8 Å². The van der Waals surface area contributed by atoms with Crippen LogP contribution in [0.25, 0.3) is 0 Å². The Morgan fingerprint density at radius 3 is 1.88 bits per heavy atom. The molecule has 0 aliphatic heterocycles. The van der Waals surface area contributed by atoms with Crippen molar-refractivity contribution in [3.05, 3.63) is 23.3 Å². The zero-order valence-corrected chi connectivity index (χ0v) is 10.6. The lowest BCUT2D eigenvalue weighted by Crippen LogP contribution is -2.13. The maximum atomic E-state index is 11.3. The van der Waals surface area contributed by atoms with Crippen LogP contribution in [0.5, 0.6) is 5.75 Å². The van der Waals surface area contributed by atoms with Gasteiger partial charge in [0.1, 0.15) is 5.75 Å². The van der Waals surface area contributed by atoms with Crippen LogP contribution in [0.15, 0.2) is 17.0 Å². The van der Waals surface area contributed by atoms with Crippen LogP contribution in [-0.4, -0.2) is 15.5 Å². The number of methoxy groups -OCH3 is 1. The summed E-state index contributed by atoms with van der Waals surface area (Å²) in [6.45, 7) is 3.90. The van der Waals surface area contributed by atoms with E-state index in [-0.39, 0.29) is 4.90 Å². The fourth-order valence-corrected chi connectivity index (χ4v) is 2.29. The first kappa shape index (κ1) is 13.0. The topological polar surface area (TPSA) is 69.4 Å². The van der Waals surface area contributed by atoms with E-state index in [0.29, 0.717) is 12.8 Å². The Morgan fingerprint density at radius 2 is 1.62 bits per heavy atom. The summed E-state index contributed by atoms with van der Waals surface area (Å²) < 4.78 is 27.9. The van der Waals surface area contributed by atoms with Gasteiger partial charge in [0.05, 0.1) is 12.0 Å². The van der Waals surface area contributed by atoms with Gasteiger partial charge in [-0.05, 0) is 36.1 Å². The first-order chi connectivity index (χ1) is 7.43. The molecule has 0 saturated heterocycles. The summed E-state index contributed by atoms with van der Waals surface area (Å²) in [7, 11) is -2.06. The van der Waals surface area contributed by atoms with Crippen molar-refractivity contribution >= 4 is 10.0 Å². The van der Waals surface area contributed by atoms with Gasteiger partial charge in [-0.25, -0.2) is 13.6 Å². The molecule has 2 N–H and O–H groups in total. The normalized spacial score (nSPS) is 11.5. The Morgan fingerprint density at radius 1 is 1.19 bits per heavy atom. The lowest BCUT2D eigenvalue weighted by Gasteiger charge is -2.13. The number of rotatable bonds is 4. The van der Waals surface area contributed by atoms with Crippen LogP contribution in [0.1, 0.15) is 25.0 Å². The standard InChI is InChI=1S/C11H17NO3S/c1-4-8-6-10(16(12,13)14)7-9(5-2)11(8)15-3/h6-7H,4-5H2,1-3H3,(H2,12,13,14). The van der Waals surface area contributed by atoms with Crippen LogP contribution in [-0.2, 0) is 22.9 Å². The van der Waals surface area contributed by atoms with Gasteiger partial charge in [0, 0.05) is 0 Å². The number of nitrogens with two attached hydrogens (primary N) is 1. The monoisotopic (exact) mass is 243 g/mol. The van der Waals surface area contributed by atoms with Crippen molar-refractivity contribution in [3.63, 3.8) is 0 Å². The Bertz CT molecular complexity index is 455. The van der Waals surface area contributed by atoms with Gasteiger partial charge in [-0.2, -0.15) is 0 Å². The predicted molar refractivity (Wildman–Crippen MR) is 63.1 cm³/mol. The van der Waals surface area contributed by atoms with Crippen LogP contribution in [0.3, 0.4) is 0 Å². The molecule has 5 heteroatoms. The summed E-state index contributed by atoms with van der Waals surface area (Å²) >= 11 is 0. The molecule has 0 unspecified atom stereocenters. The second kappa shape index (κ2) is 4.84. The van der Waals surface area contributed by atoms with Crippen molar-refractivity contribution < 1.29 is 13.2 Å². The maximum Gasteiger partial charge on any atom is 0.238 e. The molecule has 0 spiro atoms. The summed E-state index contributed by atoms with van der Waals surface area (Å²) in [5.74, 6) is 0.761. The molecule has 1 aromatic rings. The number of aryl methyl sites for hydroxylation is 2. The molecule has 0 fully saturated rings. The fraction of sp³-hybridized carbons (Fsp3) is 0.455. The van der Waals surface area contributed by atoms with E-state index in [1.807, 2.05) is 13.8 Å². The first-order valence-corrected chi connectivity index (χ1v) is 6.71. The Balaban J connectivity index is 3.49. The molecule has 1 aromatic carbocycles. The quantitative estimate of drug-likeness (QED) is 0.870. The van der Waals surface area contributed by atoms with Crippen LogP contribution < -0.4 is 9.88 Å². The molecule has 0 bridgehead atoms. The molecule has 0 heterocycles. The highest BCUT2D eigenvalue weighted by atomic mass is 32.2. The van der Waals surface area contributed by atoms with Crippen LogP contribution >= 0.6 is 0 Å². The third-order valence-electron chi connectivity index (χ3n) is 2.51. The van der Waals surface area contributed by atoms with Crippen LogP contribution in [0, 0.1) is 0 Å². The molecular formula is C11H17NO3S. The summed E-state index contributed by atoms with van der Waals surface area (Å²) in [5, 5.41) is 5.13. The van der Waals surface area contributed by atoms with Gasteiger partial charge < -0.3 is 4.74 Å². The van der Waals surface area contributed by atoms with Gasteiger partial charge in [0.25, 0.3) is 0 Å². The molecule has 90 valence electrons. The number of primary sulfonamides is 1. The largest absolute Gasteiger partial charge is 0.496 e. The Kier molecular flexibility index (Phi) is 3.93. The molecule has 0 aliphatic rings. The van der Waals surface area contributed by atoms with Crippen LogP contribution in [0.2, 0.25) is 0 Å². The molecule has 0 amide bonds. The molecule has 16 heavy (non-hydrogen) atoms. The van der Waals surface area contributed by atoms with E-state index in [0.717, 1.165) is 16.9 Å². The minimum Gasteiger partial charge on any atom is -0.496 e. The lowest BCUT2D eigenvalue weighted by atomic mass is 10.0. The second-order valence-electron chi connectivity index (χ2n) is 3.53. The Hall–Kier alpha value is -1.07. The lowest BCUT2D eigenvalue weighted by molar-refractivity contribution is 0.405. The van der Waals surface area contributed by atoms with Gasteiger partial charge in [-0.3, -0.25) is 0 Å². The first-order valence-electron chi connectivity index (χ1n) is 5.16. The zero-order chi connectivity index (χ0) is 12.3. The minimum absolute atomic E-state index is 0.155. The smallest absolute Gasteiger partial charge is 0.238 e. The van der Waals surface area contributed by atoms with Crippen molar-refractivity contribution in [1.82, 2.24) is 0 Å². The van der Waals surface area contributed by atoms with E-state index in [2.05, 4.69) is 0 Å². The average molecular weight is 243 g/mol.